The smallest absolute Gasteiger partial charge is 0.410 e. The van der Waals surface area contributed by atoms with E-state index in [1.807, 2.05) is 56.5 Å². The van der Waals surface area contributed by atoms with Crippen LogP contribution < -0.4 is 10.6 Å². The van der Waals surface area contributed by atoms with Gasteiger partial charge in [-0.15, -0.1) is 34.2 Å². The predicted octanol–water partition coefficient (Wildman–Crippen LogP) is 2.06. The summed E-state index contributed by atoms with van der Waals surface area (Å²) in [6, 6.07) is 6.00. The van der Waals surface area contributed by atoms with Gasteiger partial charge < -0.3 is 20.3 Å². The fourth-order valence-corrected chi connectivity index (χ4v) is 2.89. The molecule has 2 aromatic rings. The highest BCUT2D eigenvalue weighted by Crippen LogP contribution is 2.15. The highest BCUT2D eigenvalue weighted by molar-refractivity contribution is 14.0. The third-order valence-electron chi connectivity index (χ3n) is 4.21. The van der Waals surface area contributed by atoms with Gasteiger partial charge in [0.25, 0.3) is 0 Å². The molecule has 1 aliphatic rings. The van der Waals surface area contributed by atoms with Crippen molar-refractivity contribution in [1.82, 2.24) is 30.1 Å². The van der Waals surface area contributed by atoms with E-state index in [4.69, 9.17) is 4.74 Å². The Bertz CT molecular complexity index is 840. The van der Waals surface area contributed by atoms with Crippen LogP contribution in [0.25, 0.3) is 5.65 Å². The fourth-order valence-electron chi connectivity index (χ4n) is 2.89. The van der Waals surface area contributed by atoms with Crippen molar-refractivity contribution < 1.29 is 9.53 Å². The largest absolute Gasteiger partial charge is 0.444 e. The molecular weight excluding hydrogens is 485 g/mol. The van der Waals surface area contributed by atoms with Gasteiger partial charge in [-0.3, -0.25) is 9.39 Å². The van der Waals surface area contributed by atoms with Crippen molar-refractivity contribution in [2.45, 2.75) is 45.8 Å². The minimum absolute atomic E-state index is 0. The first-order valence-corrected chi connectivity index (χ1v) is 9.67. The molecule has 9 nitrogen and oxygen atoms in total. The van der Waals surface area contributed by atoms with Crippen LogP contribution >= 0.6 is 24.0 Å². The van der Waals surface area contributed by atoms with Crippen molar-refractivity contribution in [2.24, 2.45) is 4.99 Å². The molecule has 1 fully saturated rings. The number of likely N-dealkylation sites (tertiary alicyclic amines) is 1. The average Bonchev–Trinajstić information content (AvgIpc) is 2.99. The minimum Gasteiger partial charge on any atom is -0.444 e. The standard InChI is InChI=1S/C19H29N7O2.HI/c1-5-20-17(22-14-12-25(13-14)18(27)28-19(2,3)4)21-10-9-16-24-23-15-8-6-7-11-26(15)16;/h6-8,11,14H,5,9-10,12-13H2,1-4H3,(H2,20,21,22);1H. The number of hydrogen-bond donors (Lipinski definition) is 2. The predicted molar refractivity (Wildman–Crippen MR) is 123 cm³/mol. The average molecular weight is 515 g/mol. The van der Waals surface area contributed by atoms with Gasteiger partial charge in [0.05, 0.1) is 6.04 Å². The number of amides is 1. The molecule has 3 rings (SSSR count). The molecule has 1 saturated heterocycles. The van der Waals surface area contributed by atoms with E-state index in [1.165, 1.54) is 0 Å². The first kappa shape index (κ1) is 23.2. The van der Waals surface area contributed by atoms with Crippen molar-refractivity contribution in [2.75, 3.05) is 26.2 Å². The van der Waals surface area contributed by atoms with Crippen LogP contribution in [-0.2, 0) is 11.2 Å². The molecule has 1 aliphatic heterocycles. The number of halogens is 1. The number of nitrogens with one attached hydrogen (secondary N) is 2. The maximum absolute atomic E-state index is 12.0. The Morgan fingerprint density at radius 1 is 1.31 bits per heavy atom. The lowest BCUT2D eigenvalue weighted by molar-refractivity contribution is 0.00701. The fraction of sp³-hybridized carbons (Fsp3) is 0.579. The number of hydrogen-bond acceptors (Lipinski definition) is 5. The Morgan fingerprint density at radius 2 is 2.07 bits per heavy atom. The van der Waals surface area contributed by atoms with Crippen molar-refractivity contribution in [3.05, 3.63) is 30.2 Å². The first-order chi connectivity index (χ1) is 13.4. The van der Waals surface area contributed by atoms with Crippen molar-refractivity contribution in [1.29, 1.82) is 0 Å². The molecule has 0 unspecified atom stereocenters. The Labute approximate surface area is 188 Å². The van der Waals surface area contributed by atoms with E-state index in [0.717, 1.165) is 24.0 Å². The molecule has 0 saturated carbocycles. The molecule has 1 amide bonds. The summed E-state index contributed by atoms with van der Waals surface area (Å²) in [7, 11) is 0. The van der Waals surface area contributed by atoms with Crippen LogP contribution in [0.1, 0.15) is 33.5 Å². The summed E-state index contributed by atoms with van der Waals surface area (Å²) in [5.41, 5.74) is 0.362. The van der Waals surface area contributed by atoms with Crippen LogP contribution in [0, 0.1) is 0 Å². The molecule has 0 aliphatic carbocycles. The number of ether oxygens (including phenoxy) is 1. The number of aromatic nitrogens is 3. The quantitative estimate of drug-likeness (QED) is 0.360. The zero-order valence-corrected chi connectivity index (χ0v) is 19.7. The van der Waals surface area contributed by atoms with E-state index in [2.05, 4.69) is 25.8 Å². The van der Waals surface area contributed by atoms with E-state index in [9.17, 15) is 4.79 Å². The summed E-state index contributed by atoms with van der Waals surface area (Å²) in [4.78, 5) is 18.3. The summed E-state index contributed by atoms with van der Waals surface area (Å²) in [6.45, 7) is 10.2. The summed E-state index contributed by atoms with van der Waals surface area (Å²) >= 11 is 0. The van der Waals surface area contributed by atoms with Gasteiger partial charge >= 0.3 is 6.09 Å². The van der Waals surface area contributed by atoms with E-state index in [0.29, 0.717) is 26.1 Å². The monoisotopic (exact) mass is 515 g/mol. The van der Waals surface area contributed by atoms with Crippen LogP contribution in [0.3, 0.4) is 0 Å². The Kier molecular flexibility index (Phi) is 8.05. The lowest BCUT2D eigenvalue weighted by Crippen LogP contribution is -2.63. The van der Waals surface area contributed by atoms with Gasteiger partial charge in [-0.1, -0.05) is 6.07 Å². The van der Waals surface area contributed by atoms with Gasteiger partial charge in [0.2, 0.25) is 0 Å². The molecule has 0 bridgehead atoms. The minimum atomic E-state index is -0.474. The SMILES string of the molecule is CCNC(=NCCc1nnc2ccccn12)NC1CN(C(=O)OC(C)(C)C)C1.I. The second-order valence-corrected chi connectivity index (χ2v) is 7.78. The van der Waals surface area contributed by atoms with E-state index < -0.39 is 5.60 Å². The highest BCUT2D eigenvalue weighted by Gasteiger charge is 2.34. The third kappa shape index (κ3) is 6.44. The van der Waals surface area contributed by atoms with Gasteiger partial charge in [-0.2, -0.15) is 0 Å². The van der Waals surface area contributed by atoms with Crippen molar-refractivity contribution >= 4 is 41.7 Å². The van der Waals surface area contributed by atoms with Crippen LogP contribution in [0.4, 0.5) is 4.79 Å². The number of aliphatic imine (C=N–C) groups is 1. The first-order valence-electron chi connectivity index (χ1n) is 9.67. The second kappa shape index (κ2) is 10.1. The molecule has 0 aromatic carbocycles. The number of guanidine groups is 1. The molecule has 0 spiro atoms. The molecule has 10 heteroatoms. The van der Waals surface area contributed by atoms with E-state index >= 15 is 0 Å². The summed E-state index contributed by atoms with van der Waals surface area (Å²) < 4.78 is 7.35. The number of carbonyl (C=O) groups excluding carboxylic acids is 1. The second-order valence-electron chi connectivity index (χ2n) is 7.78. The summed E-state index contributed by atoms with van der Waals surface area (Å²) in [6.07, 6.45) is 2.37. The lowest BCUT2D eigenvalue weighted by atomic mass is 10.1. The van der Waals surface area contributed by atoms with E-state index in [1.54, 1.807) is 4.90 Å². The number of nitrogens with zero attached hydrogens (tertiary/aromatic N) is 5. The van der Waals surface area contributed by atoms with Gasteiger partial charge in [0.15, 0.2) is 11.6 Å². The van der Waals surface area contributed by atoms with E-state index in [-0.39, 0.29) is 36.1 Å². The highest BCUT2D eigenvalue weighted by atomic mass is 127. The normalized spacial score (nSPS) is 14.9. The maximum atomic E-state index is 12.0. The Balaban J connectivity index is 0.00000300. The summed E-state index contributed by atoms with van der Waals surface area (Å²) in [5, 5.41) is 15.0. The Hall–Kier alpha value is -2.11. The van der Waals surface area contributed by atoms with Gasteiger partial charge in [0.1, 0.15) is 11.4 Å². The van der Waals surface area contributed by atoms with Gasteiger partial charge in [-0.25, -0.2) is 4.79 Å². The zero-order chi connectivity index (χ0) is 20.1. The molecule has 160 valence electrons. The van der Waals surface area contributed by atoms with Gasteiger partial charge in [0, 0.05) is 38.8 Å². The zero-order valence-electron chi connectivity index (χ0n) is 17.4. The number of pyridine rings is 1. The molecule has 3 heterocycles. The topological polar surface area (TPSA) is 96.1 Å². The lowest BCUT2D eigenvalue weighted by Gasteiger charge is -2.40. The molecule has 2 N–H and O–H groups in total. The molecule has 2 aromatic heterocycles. The molecular formula is C19H30IN7O2. The Morgan fingerprint density at radius 3 is 2.76 bits per heavy atom. The van der Waals surface area contributed by atoms with Crippen LogP contribution in [0.15, 0.2) is 29.4 Å². The van der Waals surface area contributed by atoms with Crippen molar-refractivity contribution in [3.63, 3.8) is 0 Å². The number of rotatable bonds is 5. The van der Waals surface area contributed by atoms with Crippen LogP contribution in [-0.4, -0.2) is 69.4 Å². The van der Waals surface area contributed by atoms with Crippen LogP contribution in [0.2, 0.25) is 0 Å². The van der Waals surface area contributed by atoms with Crippen LogP contribution in [0.5, 0.6) is 0 Å². The third-order valence-corrected chi connectivity index (χ3v) is 4.21. The molecule has 0 atom stereocenters. The van der Waals surface area contributed by atoms with Crippen molar-refractivity contribution in [3.8, 4) is 0 Å². The molecule has 29 heavy (non-hydrogen) atoms. The van der Waals surface area contributed by atoms with Gasteiger partial charge in [-0.05, 0) is 39.8 Å². The molecule has 0 radical (unpaired) electrons. The number of carbonyl (C=O) groups is 1. The number of fused-ring (bicyclic) bond motifs is 1. The summed E-state index contributed by atoms with van der Waals surface area (Å²) in [5.74, 6) is 1.63. The maximum Gasteiger partial charge on any atom is 0.410 e.